The third-order valence-electron chi connectivity index (χ3n) is 2.53. The fourth-order valence-electron chi connectivity index (χ4n) is 1.64. The second kappa shape index (κ2) is 5.82. The average molecular weight is 414 g/mol. The normalized spacial score (nSPS) is 10.6. The minimum Gasteiger partial charge on any atom is -0.368 e. The van der Waals surface area contributed by atoms with E-state index >= 15 is 0 Å². The Morgan fingerprint density at radius 3 is 2.81 bits per heavy atom. The fourth-order valence-corrected chi connectivity index (χ4v) is 2.54. The topological polar surface area (TPSA) is 94.5 Å². The molecule has 0 bridgehead atoms. The largest absolute Gasteiger partial charge is 0.368 e. The molecule has 3 N–H and O–H groups in total. The Labute approximate surface area is 138 Å². The molecule has 0 saturated heterocycles. The van der Waals surface area contributed by atoms with Gasteiger partial charge in [0.2, 0.25) is 11.9 Å². The van der Waals surface area contributed by atoms with Crippen molar-refractivity contribution in [2.75, 3.05) is 11.1 Å². The van der Waals surface area contributed by atoms with Crippen molar-refractivity contribution < 1.29 is 0 Å². The van der Waals surface area contributed by atoms with Crippen LogP contribution < -0.4 is 11.1 Å². The molecule has 106 valence electrons. The molecule has 0 spiro atoms. The molecule has 21 heavy (non-hydrogen) atoms. The number of hydrogen-bond acceptors (Lipinski definition) is 6. The van der Waals surface area contributed by atoms with Crippen LogP contribution in [-0.4, -0.2) is 24.7 Å². The molecular formula is C12H9ClIN7. The predicted octanol–water partition coefficient (Wildman–Crippen LogP) is 2.64. The Morgan fingerprint density at radius 2 is 2.10 bits per heavy atom. The van der Waals surface area contributed by atoms with E-state index in [4.69, 9.17) is 17.3 Å². The van der Waals surface area contributed by atoms with E-state index in [0.29, 0.717) is 22.6 Å². The summed E-state index contributed by atoms with van der Waals surface area (Å²) in [6.07, 6.45) is 3.35. The number of nitrogens with zero attached hydrogens (tertiary/aromatic N) is 5. The van der Waals surface area contributed by atoms with Crippen LogP contribution in [0.4, 0.5) is 17.6 Å². The highest BCUT2D eigenvalue weighted by Crippen LogP contribution is 2.26. The Balaban J connectivity index is 1.95. The van der Waals surface area contributed by atoms with Crippen molar-refractivity contribution in [2.24, 2.45) is 0 Å². The summed E-state index contributed by atoms with van der Waals surface area (Å²) in [5.41, 5.74) is 6.39. The van der Waals surface area contributed by atoms with Gasteiger partial charge < -0.3 is 11.1 Å². The van der Waals surface area contributed by atoms with Crippen molar-refractivity contribution >= 4 is 51.8 Å². The summed E-state index contributed by atoms with van der Waals surface area (Å²) in [4.78, 5) is 12.3. The van der Waals surface area contributed by atoms with E-state index in [1.165, 1.54) is 4.68 Å². The molecular weight excluding hydrogens is 405 g/mol. The van der Waals surface area contributed by atoms with Crippen LogP contribution in [0, 0.1) is 3.57 Å². The highest BCUT2D eigenvalue weighted by Gasteiger charge is 2.08. The second-order valence-electron chi connectivity index (χ2n) is 4.02. The van der Waals surface area contributed by atoms with E-state index < -0.39 is 0 Å². The van der Waals surface area contributed by atoms with Gasteiger partial charge in [-0.25, -0.2) is 4.68 Å². The van der Waals surface area contributed by atoms with Crippen molar-refractivity contribution in [3.05, 3.63) is 45.3 Å². The summed E-state index contributed by atoms with van der Waals surface area (Å²) in [7, 11) is 0. The van der Waals surface area contributed by atoms with Crippen LogP contribution in [0.15, 0.2) is 36.7 Å². The van der Waals surface area contributed by atoms with Gasteiger partial charge in [0, 0.05) is 16.0 Å². The van der Waals surface area contributed by atoms with E-state index in [9.17, 15) is 0 Å². The molecule has 0 aliphatic rings. The van der Waals surface area contributed by atoms with Crippen molar-refractivity contribution in [3.63, 3.8) is 0 Å². The molecule has 0 radical (unpaired) electrons. The van der Waals surface area contributed by atoms with Gasteiger partial charge in [-0.1, -0.05) is 11.6 Å². The van der Waals surface area contributed by atoms with Crippen LogP contribution in [0.3, 0.4) is 0 Å². The lowest BCUT2D eigenvalue weighted by Gasteiger charge is -2.08. The number of nitrogens with two attached hydrogens (primary N) is 1. The molecule has 9 heteroatoms. The SMILES string of the molecule is Nc1nc(Nc2ccc(I)cc2Cl)nc(-n2cccn2)n1. The first-order chi connectivity index (χ1) is 10.1. The van der Waals surface area contributed by atoms with Gasteiger partial charge in [-0.2, -0.15) is 20.1 Å². The Hall–Kier alpha value is -1.94. The van der Waals surface area contributed by atoms with E-state index in [0.717, 1.165) is 3.57 Å². The summed E-state index contributed by atoms with van der Waals surface area (Å²) in [5.74, 6) is 0.729. The number of hydrogen-bond donors (Lipinski definition) is 2. The fraction of sp³-hybridized carbons (Fsp3) is 0. The standard InChI is InChI=1S/C12H9ClIN7/c13-8-6-7(14)2-3-9(8)17-11-18-10(15)19-12(20-11)21-5-1-4-16-21/h1-6H,(H3,15,17,18,19,20). The number of nitrogen functional groups attached to an aromatic ring is 1. The number of rotatable bonds is 3. The zero-order chi connectivity index (χ0) is 14.8. The zero-order valence-electron chi connectivity index (χ0n) is 10.5. The summed E-state index contributed by atoms with van der Waals surface area (Å²) in [6.45, 7) is 0. The highest BCUT2D eigenvalue weighted by atomic mass is 127. The van der Waals surface area contributed by atoms with Crippen molar-refractivity contribution in [1.29, 1.82) is 0 Å². The van der Waals surface area contributed by atoms with Gasteiger partial charge in [0.1, 0.15) is 0 Å². The monoisotopic (exact) mass is 413 g/mol. The van der Waals surface area contributed by atoms with Gasteiger partial charge in [0.25, 0.3) is 5.95 Å². The quantitative estimate of drug-likeness (QED) is 0.641. The molecule has 0 saturated carbocycles. The molecule has 1 aromatic carbocycles. The molecule has 2 heterocycles. The van der Waals surface area contributed by atoms with Crippen LogP contribution in [0.25, 0.3) is 5.95 Å². The molecule has 2 aromatic heterocycles. The maximum absolute atomic E-state index is 6.17. The van der Waals surface area contributed by atoms with Gasteiger partial charge >= 0.3 is 0 Å². The van der Waals surface area contributed by atoms with Crippen molar-refractivity contribution in [1.82, 2.24) is 24.7 Å². The van der Waals surface area contributed by atoms with E-state index in [-0.39, 0.29) is 5.95 Å². The molecule has 0 fully saturated rings. The van der Waals surface area contributed by atoms with Crippen LogP contribution in [0.2, 0.25) is 5.02 Å². The summed E-state index contributed by atoms with van der Waals surface area (Å²) >= 11 is 8.36. The lowest BCUT2D eigenvalue weighted by Crippen LogP contribution is -2.09. The summed E-state index contributed by atoms with van der Waals surface area (Å²) in [6, 6.07) is 7.37. The number of halogens is 2. The van der Waals surface area contributed by atoms with Gasteiger partial charge in [0.05, 0.1) is 10.7 Å². The third-order valence-corrected chi connectivity index (χ3v) is 3.51. The highest BCUT2D eigenvalue weighted by molar-refractivity contribution is 14.1. The summed E-state index contributed by atoms with van der Waals surface area (Å²) < 4.78 is 2.54. The zero-order valence-corrected chi connectivity index (χ0v) is 13.4. The van der Waals surface area contributed by atoms with Gasteiger partial charge in [0.15, 0.2) is 0 Å². The molecule has 7 nitrogen and oxygen atoms in total. The minimum absolute atomic E-state index is 0.0969. The maximum Gasteiger partial charge on any atom is 0.257 e. The summed E-state index contributed by atoms with van der Waals surface area (Å²) in [5, 5.41) is 7.65. The number of nitrogens with one attached hydrogen (secondary N) is 1. The molecule has 3 aromatic rings. The maximum atomic E-state index is 6.17. The minimum atomic E-state index is 0.0969. The Kier molecular flexibility index (Phi) is 3.88. The van der Waals surface area contributed by atoms with E-state index in [1.54, 1.807) is 18.5 Å². The average Bonchev–Trinajstić information content (AvgIpc) is 2.95. The van der Waals surface area contributed by atoms with E-state index in [2.05, 4.69) is 48.0 Å². The molecule has 0 aliphatic heterocycles. The first-order valence-electron chi connectivity index (χ1n) is 5.85. The molecule has 0 unspecified atom stereocenters. The van der Waals surface area contributed by atoms with Crippen LogP contribution in [0.1, 0.15) is 0 Å². The molecule has 0 atom stereocenters. The lowest BCUT2D eigenvalue weighted by molar-refractivity contribution is 0.801. The van der Waals surface area contributed by atoms with Gasteiger partial charge in [-0.15, -0.1) is 0 Å². The smallest absolute Gasteiger partial charge is 0.257 e. The first kappa shape index (κ1) is 14.0. The first-order valence-corrected chi connectivity index (χ1v) is 7.31. The lowest BCUT2D eigenvalue weighted by atomic mass is 10.3. The molecule has 0 amide bonds. The predicted molar refractivity (Wildman–Crippen MR) is 88.8 cm³/mol. The second-order valence-corrected chi connectivity index (χ2v) is 5.67. The third kappa shape index (κ3) is 3.22. The van der Waals surface area contributed by atoms with Gasteiger partial charge in [-0.3, -0.25) is 0 Å². The molecule has 3 rings (SSSR count). The van der Waals surface area contributed by atoms with Crippen LogP contribution in [-0.2, 0) is 0 Å². The van der Waals surface area contributed by atoms with Crippen molar-refractivity contribution in [3.8, 4) is 5.95 Å². The van der Waals surface area contributed by atoms with E-state index in [1.807, 2.05) is 18.2 Å². The Bertz CT molecular complexity index is 775. The number of anilines is 3. The Morgan fingerprint density at radius 1 is 1.24 bits per heavy atom. The van der Waals surface area contributed by atoms with Crippen LogP contribution in [0.5, 0.6) is 0 Å². The number of aromatic nitrogens is 5. The molecule has 0 aliphatic carbocycles. The van der Waals surface area contributed by atoms with Gasteiger partial charge in [-0.05, 0) is 46.9 Å². The van der Waals surface area contributed by atoms with Crippen molar-refractivity contribution in [2.45, 2.75) is 0 Å². The number of benzene rings is 1. The van der Waals surface area contributed by atoms with Crippen LogP contribution >= 0.6 is 34.2 Å².